The Labute approximate surface area is 144 Å². The summed E-state index contributed by atoms with van der Waals surface area (Å²) >= 11 is 1.58. The second kappa shape index (κ2) is 6.17. The number of pyridine rings is 1. The molecule has 1 amide bonds. The van der Waals surface area contributed by atoms with E-state index in [0.29, 0.717) is 6.42 Å². The van der Waals surface area contributed by atoms with Crippen LogP contribution in [0.1, 0.15) is 16.1 Å². The molecule has 2 aromatic heterocycles. The summed E-state index contributed by atoms with van der Waals surface area (Å²) in [6.45, 7) is 2.74. The van der Waals surface area contributed by atoms with E-state index in [1.54, 1.807) is 23.7 Å². The van der Waals surface area contributed by atoms with Crippen molar-refractivity contribution in [1.29, 1.82) is 0 Å². The number of anilines is 1. The lowest BCUT2D eigenvalue weighted by molar-refractivity contribution is -0.117. The van der Waals surface area contributed by atoms with Crippen molar-refractivity contribution < 1.29 is 4.79 Å². The molecule has 0 unspecified atom stereocenters. The maximum absolute atomic E-state index is 12.8. The molecule has 4 rings (SSSR count). The molecule has 0 spiro atoms. The third-order valence-corrected chi connectivity index (χ3v) is 5.51. The van der Waals surface area contributed by atoms with E-state index < -0.39 is 0 Å². The van der Waals surface area contributed by atoms with E-state index in [9.17, 15) is 4.79 Å². The Kier molecular flexibility index (Phi) is 3.86. The van der Waals surface area contributed by atoms with Crippen LogP contribution in [0.25, 0.3) is 10.6 Å². The number of hydrogen-bond donors (Lipinski definition) is 0. The summed E-state index contributed by atoms with van der Waals surface area (Å²) in [5.74, 6) is 0.143. The molecule has 0 N–H and O–H groups in total. The Hall–Kier alpha value is -2.53. The summed E-state index contributed by atoms with van der Waals surface area (Å²) in [6.07, 6.45) is 4.89. The number of fused-ring (bicyclic) bond motifs is 1. The monoisotopic (exact) mass is 335 g/mol. The SMILES string of the molecule is Cc1nc(-c2cccnc2)sc1CC(=O)N1CCc2ccccc21. The number of carbonyl (C=O) groups is 1. The van der Waals surface area contributed by atoms with E-state index in [1.807, 2.05) is 42.2 Å². The van der Waals surface area contributed by atoms with Gasteiger partial charge in [-0.2, -0.15) is 0 Å². The first-order chi connectivity index (χ1) is 11.7. The van der Waals surface area contributed by atoms with Crippen molar-refractivity contribution in [3.05, 3.63) is 64.9 Å². The highest BCUT2D eigenvalue weighted by Crippen LogP contribution is 2.31. The number of benzene rings is 1. The number of para-hydroxylation sites is 1. The number of hydrogen-bond acceptors (Lipinski definition) is 4. The van der Waals surface area contributed by atoms with Crippen LogP contribution in [-0.4, -0.2) is 22.4 Å². The van der Waals surface area contributed by atoms with E-state index in [4.69, 9.17) is 0 Å². The van der Waals surface area contributed by atoms with Crippen LogP contribution in [0.5, 0.6) is 0 Å². The molecule has 0 saturated heterocycles. The van der Waals surface area contributed by atoms with E-state index in [1.165, 1.54) is 5.56 Å². The van der Waals surface area contributed by atoms with Crippen molar-refractivity contribution in [1.82, 2.24) is 9.97 Å². The summed E-state index contributed by atoms with van der Waals surface area (Å²) < 4.78 is 0. The Morgan fingerprint density at radius 1 is 1.25 bits per heavy atom. The maximum Gasteiger partial charge on any atom is 0.232 e. The molecule has 0 bridgehead atoms. The van der Waals surface area contributed by atoms with Crippen LogP contribution >= 0.6 is 11.3 Å². The average molecular weight is 335 g/mol. The summed E-state index contributed by atoms with van der Waals surface area (Å²) in [6, 6.07) is 12.0. The van der Waals surface area contributed by atoms with Crippen LogP contribution in [0.3, 0.4) is 0 Å². The zero-order valence-electron chi connectivity index (χ0n) is 13.4. The average Bonchev–Trinajstić information content (AvgIpc) is 3.20. The zero-order chi connectivity index (χ0) is 16.5. The highest BCUT2D eigenvalue weighted by molar-refractivity contribution is 7.15. The topological polar surface area (TPSA) is 46.1 Å². The van der Waals surface area contributed by atoms with Gasteiger partial charge >= 0.3 is 0 Å². The van der Waals surface area contributed by atoms with E-state index in [-0.39, 0.29) is 5.91 Å². The van der Waals surface area contributed by atoms with Crippen LogP contribution in [-0.2, 0) is 17.6 Å². The van der Waals surface area contributed by atoms with Crippen molar-refractivity contribution in [3.63, 3.8) is 0 Å². The Morgan fingerprint density at radius 2 is 2.12 bits per heavy atom. The number of thiazole rings is 1. The predicted molar refractivity (Wildman–Crippen MR) is 96.3 cm³/mol. The first-order valence-corrected chi connectivity index (χ1v) is 8.79. The first kappa shape index (κ1) is 15.0. The lowest BCUT2D eigenvalue weighted by Gasteiger charge is -2.16. The third kappa shape index (κ3) is 2.71. The zero-order valence-corrected chi connectivity index (χ0v) is 14.2. The lowest BCUT2D eigenvalue weighted by atomic mass is 10.2. The van der Waals surface area contributed by atoms with Crippen LogP contribution < -0.4 is 4.90 Å². The normalized spacial score (nSPS) is 13.1. The van der Waals surface area contributed by atoms with Gasteiger partial charge in [0.25, 0.3) is 0 Å². The minimum Gasteiger partial charge on any atom is -0.312 e. The Morgan fingerprint density at radius 3 is 2.96 bits per heavy atom. The van der Waals surface area contributed by atoms with Gasteiger partial charge in [-0.1, -0.05) is 18.2 Å². The molecular formula is C19H17N3OS. The Bertz CT molecular complexity index is 889. The van der Waals surface area contributed by atoms with Crippen molar-refractivity contribution in [2.75, 3.05) is 11.4 Å². The molecule has 24 heavy (non-hydrogen) atoms. The van der Waals surface area contributed by atoms with E-state index in [2.05, 4.69) is 16.0 Å². The minimum absolute atomic E-state index is 0.143. The number of amides is 1. The molecule has 4 nitrogen and oxygen atoms in total. The number of rotatable bonds is 3. The van der Waals surface area contributed by atoms with Gasteiger partial charge in [0.05, 0.1) is 12.1 Å². The summed E-state index contributed by atoms with van der Waals surface area (Å²) in [4.78, 5) is 24.5. The van der Waals surface area contributed by atoms with Gasteiger partial charge in [0.2, 0.25) is 5.91 Å². The van der Waals surface area contributed by atoms with Crippen LogP contribution in [0, 0.1) is 6.92 Å². The molecule has 5 heteroatoms. The molecule has 3 heterocycles. The van der Waals surface area contributed by atoms with E-state index >= 15 is 0 Å². The second-order valence-corrected chi connectivity index (χ2v) is 6.95. The lowest BCUT2D eigenvalue weighted by Crippen LogP contribution is -2.30. The quantitative estimate of drug-likeness (QED) is 0.734. The van der Waals surface area contributed by atoms with Crippen LogP contribution in [0.15, 0.2) is 48.8 Å². The minimum atomic E-state index is 0.143. The molecule has 0 saturated carbocycles. The number of carbonyl (C=O) groups excluding carboxylic acids is 1. The molecule has 1 aliphatic heterocycles. The van der Waals surface area contributed by atoms with Gasteiger partial charge in [-0.25, -0.2) is 4.98 Å². The van der Waals surface area contributed by atoms with Crippen molar-refractivity contribution in [3.8, 4) is 10.6 Å². The molecule has 0 radical (unpaired) electrons. The number of aryl methyl sites for hydroxylation is 1. The summed E-state index contributed by atoms with van der Waals surface area (Å²) in [7, 11) is 0. The van der Waals surface area contributed by atoms with Crippen LogP contribution in [0.4, 0.5) is 5.69 Å². The highest BCUT2D eigenvalue weighted by atomic mass is 32.1. The van der Waals surface area contributed by atoms with E-state index in [0.717, 1.165) is 39.8 Å². The first-order valence-electron chi connectivity index (χ1n) is 7.97. The van der Waals surface area contributed by atoms with Gasteiger partial charge in [-0.15, -0.1) is 11.3 Å². The van der Waals surface area contributed by atoms with Crippen molar-refractivity contribution >= 4 is 22.9 Å². The molecular weight excluding hydrogens is 318 g/mol. The highest BCUT2D eigenvalue weighted by Gasteiger charge is 2.25. The van der Waals surface area contributed by atoms with Crippen molar-refractivity contribution in [2.45, 2.75) is 19.8 Å². The van der Waals surface area contributed by atoms with Crippen molar-refractivity contribution in [2.24, 2.45) is 0 Å². The third-order valence-electron chi connectivity index (χ3n) is 4.30. The molecule has 120 valence electrons. The maximum atomic E-state index is 12.8. The van der Waals surface area contributed by atoms with Gasteiger partial charge in [0.15, 0.2) is 0 Å². The molecule has 0 aliphatic carbocycles. The van der Waals surface area contributed by atoms with Crippen LogP contribution in [0.2, 0.25) is 0 Å². The largest absolute Gasteiger partial charge is 0.312 e. The molecule has 1 aliphatic rings. The van der Waals surface area contributed by atoms with Gasteiger partial charge in [-0.3, -0.25) is 9.78 Å². The smallest absolute Gasteiger partial charge is 0.232 e. The van der Waals surface area contributed by atoms with Gasteiger partial charge in [0, 0.05) is 35.1 Å². The molecule has 0 fully saturated rings. The fourth-order valence-corrected chi connectivity index (χ4v) is 4.08. The number of aromatic nitrogens is 2. The van der Waals surface area contributed by atoms with Gasteiger partial charge < -0.3 is 4.90 Å². The second-order valence-electron chi connectivity index (χ2n) is 5.87. The standard InChI is InChI=1S/C19H17N3OS/c1-13-17(24-19(21-13)15-6-4-9-20-12-15)11-18(23)22-10-8-14-5-2-3-7-16(14)22/h2-7,9,12H,8,10-11H2,1H3. The fraction of sp³-hybridized carbons (Fsp3) is 0.211. The predicted octanol–water partition coefficient (Wildman–Crippen LogP) is 3.65. The molecule has 0 atom stereocenters. The van der Waals surface area contributed by atoms with Gasteiger partial charge in [-0.05, 0) is 37.1 Å². The Balaban J connectivity index is 1.56. The van der Waals surface area contributed by atoms with Gasteiger partial charge in [0.1, 0.15) is 5.01 Å². The number of nitrogens with zero attached hydrogens (tertiary/aromatic N) is 3. The molecule has 1 aromatic carbocycles. The fourth-order valence-electron chi connectivity index (χ4n) is 3.03. The summed E-state index contributed by atoms with van der Waals surface area (Å²) in [5.41, 5.74) is 4.23. The molecule has 3 aromatic rings. The summed E-state index contributed by atoms with van der Waals surface area (Å²) in [5, 5.41) is 0.922.